The molecule has 3 aromatic carbocycles. The Morgan fingerprint density at radius 3 is 2.11 bits per heavy atom. The van der Waals surface area contributed by atoms with Crippen molar-refractivity contribution in [3.8, 4) is 11.5 Å². The molecular weight excluding hydrogens is 918 g/mol. The molecule has 3 aromatic rings. The molecule has 1 aliphatic carbocycles. The summed E-state index contributed by atoms with van der Waals surface area (Å²) in [5, 5.41) is 38.2. The van der Waals surface area contributed by atoms with Crippen LogP contribution in [0.15, 0.2) is 102 Å². The van der Waals surface area contributed by atoms with Crippen LogP contribution in [0.4, 0.5) is 0 Å². The second kappa shape index (κ2) is 21.1. The highest BCUT2D eigenvalue weighted by molar-refractivity contribution is 6.32. The molecule has 372 valence electrons. The molecule has 1 saturated heterocycles. The SMILES string of the molecule is CO[C@H]1/C=C/O[C@@]2(C)Oc3c(C)c(O)c4c(c3C2=O)C(=O)C(N2CCN([C@@H](c3ccccc3)c3ccc(Cl)cc3)CC2)=C(NC(=O)/C(C)=C\C=C\[C@H](C)[C@H](O)[C@@H](C)[C@H](O)[C@H](C)[C@H](OC(C)=O)[C@@H]1C)C4=O. The van der Waals surface area contributed by atoms with E-state index in [4.69, 9.17) is 30.5 Å². The van der Waals surface area contributed by atoms with E-state index in [1.165, 1.54) is 53.2 Å². The highest BCUT2D eigenvalue weighted by atomic mass is 35.5. The maximum atomic E-state index is 15.3. The minimum atomic E-state index is -2.11. The largest absolute Gasteiger partial charge is 0.507 e. The number of allylic oxidation sites excluding steroid dienone is 4. The molecular formula is C54H62ClN3O12. The number of fused-ring (bicyclic) bond motifs is 14. The molecule has 1 amide bonds. The van der Waals surface area contributed by atoms with Gasteiger partial charge in [-0.05, 0) is 43.2 Å². The molecule has 16 heteroatoms. The molecule has 0 unspecified atom stereocenters. The number of Topliss-reactive ketones (excluding diaryl/α,β-unsaturated/α-hetero) is 3. The van der Waals surface area contributed by atoms with E-state index in [1.54, 1.807) is 44.7 Å². The van der Waals surface area contributed by atoms with Gasteiger partial charge in [0.2, 0.25) is 11.6 Å². The third-order valence-corrected chi connectivity index (χ3v) is 14.5. The first-order valence-electron chi connectivity index (χ1n) is 23.5. The van der Waals surface area contributed by atoms with Crippen LogP contribution >= 0.6 is 11.6 Å². The van der Waals surface area contributed by atoms with Gasteiger partial charge in [-0.15, -0.1) is 0 Å². The molecule has 0 aromatic heterocycles. The van der Waals surface area contributed by atoms with Crippen molar-refractivity contribution in [2.45, 2.75) is 91.6 Å². The van der Waals surface area contributed by atoms with Crippen LogP contribution in [-0.4, -0.2) is 118 Å². The predicted octanol–water partition coefficient (Wildman–Crippen LogP) is 7.02. The number of rotatable bonds is 6. The summed E-state index contributed by atoms with van der Waals surface area (Å²) in [7, 11) is 1.43. The number of ketones is 3. The zero-order chi connectivity index (χ0) is 50.9. The molecule has 10 atom stereocenters. The summed E-state index contributed by atoms with van der Waals surface area (Å²) in [5.41, 5.74) is 0.537. The number of hydrogen-bond acceptors (Lipinski definition) is 14. The summed E-state index contributed by atoms with van der Waals surface area (Å²) >= 11 is 6.29. The Balaban J connectivity index is 1.32. The Labute approximate surface area is 413 Å². The van der Waals surface area contributed by atoms with Crippen LogP contribution in [-0.2, 0) is 23.8 Å². The fraction of sp³-hybridized carbons (Fsp3) is 0.426. The first-order valence-corrected chi connectivity index (χ1v) is 23.9. The van der Waals surface area contributed by atoms with Gasteiger partial charge in [0.05, 0.1) is 47.3 Å². The topological polar surface area (TPSA) is 201 Å². The van der Waals surface area contributed by atoms with E-state index in [1.807, 2.05) is 54.6 Å². The Morgan fingerprint density at radius 2 is 1.49 bits per heavy atom. The fourth-order valence-electron chi connectivity index (χ4n) is 10.1. The minimum absolute atomic E-state index is 0.00567. The Morgan fingerprint density at radius 1 is 0.843 bits per heavy atom. The van der Waals surface area contributed by atoms with E-state index in [2.05, 4.69) is 10.2 Å². The van der Waals surface area contributed by atoms with Gasteiger partial charge in [0.25, 0.3) is 11.7 Å². The summed E-state index contributed by atoms with van der Waals surface area (Å²) in [6.07, 6.45) is 3.43. The maximum absolute atomic E-state index is 15.3. The fourth-order valence-corrected chi connectivity index (χ4v) is 10.2. The standard InChI is InChI=1S/C54H62ClN3O12/c1-28-14-13-15-29(2)53(66)56-42-44(58-25-23-57(24-26-58)43(35-16-11-10-12-17-35)36-18-20-37(55)21-19-36)49(64)39-40(48(42)63)47(62)33(6)51-41(39)52(65)54(8,70-51)68-27-22-38(67-9)30(3)50(69-34(7)59)32(5)46(61)31(4)45(28)60/h10-22,27-28,30-32,38,43,45-46,50,60-62H,23-26H2,1-9H3,(H,56,66)/b14-13+,27-22+,29-15-/t28-,30+,31+,32-,38-,43-,45-,46-,50+,54-/m0/s1. The monoisotopic (exact) mass is 979 g/mol. The normalized spacial score (nSPS) is 30.2. The summed E-state index contributed by atoms with van der Waals surface area (Å²) in [6, 6.07) is 17.4. The van der Waals surface area contributed by atoms with Crippen molar-refractivity contribution < 1.29 is 58.2 Å². The van der Waals surface area contributed by atoms with Crippen molar-refractivity contribution in [2.24, 2.45) is 23.7 Å². The average Bonchev–Trinajstić information content (AvgIpc) is 3.61. The third kappa shape index (κ3) is 9.95. The van der Waals surface area contributed by atoms with Crippen molar-refractivity contribution in [3.05, 3.63) is 141 Å². The van der Waals surface area contributed by atoms with Crippen LogP contribution in [0, 0.1) is 30.6 Å². The summed E-state index contributed by atoms with van der Waals surface area (Å²) in [4.78, 5) is 75.6. The number of ether oxygens (including phenoxy) is 4. The third-order valence-electron chi connectivity index (χ3n) is 14.2. The predicted molar refractivity (Wildman–Crippen MR) is 261 cm³/mol. The zero-order valence-electron chi connectivity index (χ0n) is 40.9. The van der Waals surface area contributed by atoms with Crippen molar-refractivity contribution in [3.63, 3.8) is 0 Å². The molecule has 0 spiro atoms. The van der Waals surface area contributed by atoms with Crippen molar-refractivity contribution in [1.82, 2.24) is 15.1 Å². The van der Waals surface area contributed by atoms with Gasteiger partial charge in [-0.2, -0.15) is 0 Å². The number of carbonyl (C=O) groups excluding carboxylic acids is 5. The Bertz CT molecular complexity index is 2650. The van der Waals surface area contributed by atoms with Crippen LogP contribution in [0.5, 0.6) is 11.5 Å². The molecule has 4 N–H and O–H groups in total. The van der Waals surface area contributed by atoms with E-state index in [9.17, 15) is 34.5 Å². The number of nitrogens with one attached hydrogen (secondary N) is 1. The lowest BCUT2D eigenvalue weighted by atomic mass is 9.78. The van der Waals surface area contributed by atoms with Gasteiger partial charge in [0.15, 0.2) is 0 Å². The number of aromatic hydroxyl groups is 1. The van der Waals surface area contributed by atoms with E-state index in [0.717, 1.165) is 11.1 Å². The molecule has 1 fully saturated rings. The van der Waals surface area contributed by atoms with E-state index in [-0.39, 0.29) is 58.5 Å². The average molecular weight is 981 g/mol. The molecule has 8 rings (SSSR count). The number of methoxy groups -OCH3 is 1. The molecule has 5 aliphatic rings. The first kappa shape index (κ1) is 51.7. The lowest BCUT2D eigenvalue weighted by molar-refractivity contribution is -0.160. The minimum Gasteiger partial charge on any atom is -0.507 e. The van der Waals surface area contributed by atoms with Crippen LogP contribution < -0.4 is 10.1 Å². The van der Waals surface area contributed by atoms with Gasteiger partial charge < -0.3 is 44.5 Å². The lowest BCUT2D eigenvalue weighted by Gasteiger charge is -2.42. The lowest BCUT2D eigenvalue weighted by Crippen LogP contribution is -2.50. The number of benzene rings is 3. The first-order chi connectivity index (χ1) is 33.2. The Kier molecular flexibility index (Phi) is 15.6. The smallest absolute Gasteiger partial charge is 0.312 e. The van der Waals surface area contributed by atoms with Crippen molar-refractivity contribution in [2.75, 3.05) is 33.3 Å². The number of phenolic OH excluding ortho intramolecular Hbond substituents is 1. The molecule has 4 aliphatic heterocycles. The number of nitrogens with zero attached hydrogens (tertiary/aromatic N) is 2. The molecule has 70 heavy (non-hydrogen) atoms. The van der Waals surface area contributed by atoms with Gasteiger partial charge in [-0.3, -0.25) is 28.9 Å². The summed E-state index contributed by atoms with van der Waals surface area (Å²) < 4.78 is 23.8. The van der Waals surface area contributed by atoms with Crippen molar-refractivity contribution in [1.29, 1.82) is 0 Å². The quantitative estimate of drug-likeness (QED) is 0.184. The highest BCUT2D eigenvalue weighted by Crippen LogP contribution is 2.49. The number of amides is 1. The molecule has 4 heterocycles. The van der Waals surface area contributed by atoms with Gasteiger partial charge in [-0.25, -0.2) is 0 Å². The van der Waals surface area contributed by atoms with Gasteiger partial charge in [-0.1, -0.05) is 100.0 Å². The number of esters is 1. The highest BCUT2D eigenvalue weighted by Gasteiger charge is 2.53. The van der Waals surface area contributed by atoms with Gasteiger partial charge in [0.1, 0.15) is 29.0 Å². The zero-order valence-corrected chi connectivity index (χ0v) is 41.7. The van der Waals surface area contributed by atoms with E-state index < -0.39 is 94.4 Å². The Hall–Kier alpha value is -6.10. The maximum Gasteiger partial charge on any atom is 0.312 e. The summed E-state index contributed by atoms with van der Waals surface area (Å²) in [6.45, 7) is 13.7. The van der Waals surface area contributed by atoms with Gasteiger partial charge in [0, 0.05) is 87.0 Å². The number of hydrogen-bond donors (Lipinski definition) is 4. The second-order valence-electron chi connectivity index (χ2n) is 18.9. The summed E-state index contributed by atoms with van der Waals surface area (Å²) in [5.74, 6) is -9.25. The van der Waals surface area contributed by atoms with E-state index in [0.29, 0.717) is 18.1 Å². The van der Waals surface area contributed by atoms with Crippen LogP contribution in [0.3, 0.4) is 0 Å². The van der Waals surface area contributed by atoms with Crippen LogP contribution in [0.25, 0.3) is 0 Å². The number of phenols is 1. The van der Waals surface area contributed by atoms with Gasteiger partial charge >= 0.3 is 11.8 Å². The number of carbonyl (C=O) groups is 5. The number of aliphatic hydroxyl groups excluding tert-OH is 2. The molecule has 15 nitrogen and oxygen atoms in total. The second-order valence-corrected chi connectivity index (χ2v) is 19.3. The van der Waals surface area contributed by atoms with Crippen LogP contribution in [0.2, 0.25) is 5.02 Å². The molecule has 0 radical (unpaired) electrons. The number of aliphatic hydroxyl groups is 2. The van der Waals surface area contributed by atoms with E-state index >= 15 is 4.79 Å². The van der Waals surface area contributed by atoms with Crippen molar-refractivity contribution >= 4 is 40.8 Å². The molecule has 0 saturated carbocycles. The van der Waals surface area contributed by atoms with Crippen LogP contribution in [0.1, 0.15) is 102 Å². The molecule has 5 bridgehead atoms. The number of halogens is 1. The number of piperazine rings is 1.